The zero-order chi connectivity index (χ0) is 17.6. The van der Waals surface area contributed by atoms with Gasteiger partial charge in [-0.3, -0.25) is 4.99 Å². The lowest BCUT2D eigenvalue weighted by Gasteiger charge is -2.14. The number of ether oxygens (including phenoxy) is 1. The Hall–Kier alpha value is -0.860. The molecule has 0 aliphatic heterocycles. The summed E-state index contributed by atoms with van der Waals surface area (Å²) in [5.41, 5.74) is 1.22. The molecule has 1 unspecified atom stereocenters. The highest BCUT2D eigenvalue weighted by Crippen LogP contribution is 2.15. The molecule has 0 aromatic heterocycles. The van der Waals surface area contributed by atoms with Crippen LogP contribution in [0.4, 0.5) is 0 Å². The van der Waals surface area contributed by atoms with Crippen molar-refractivity contribution < 1.29 is 4.74 Å². The number of aliphatic imine (C=N–C) groups is 1. The van der Waals surface area contributed by atoms with Gasteiger partial charge in [-0.15, -0.1) is 24.0 Å². The Balaban J connectivity index is 0.00000576. The molecule has 0 amide bonds. The van der Waals surface area contributed by atoms with Gasteiger partial charge < -0.3 is 20.3 Å². The monoisotopic (exact) mass is 462 g/mol. The predicted molar refractivity (Wildman–Crippen MR) is 118 cm³/mol. The Labute approximate surface area is 170 Å². The average molecular weight is 462 g/mol. The van der Waals surface area contributed by atoms with E-state index in [0.29, 0.717) is 0 Å². The van der Waals surface area contributed by atoms with Gasteiger partial charge >= 0.3 is 0 Å². The maximum absolute atomic E-state index is 5.88. The van der Waals surface area contributed by atoms with E-state index in [0.717, 1.165) is 51.6 Å². The largest absolute Gasteiger partial charge is 0.374 e. The molecule has 0 bridgehead atoms. The van der Waals surface area contributed by atoms with Gasteiger partial charge in [0, 0.05) is 26.2 Å². The van der Waals surface area contributed by atoms with Gasteiger partial charge in [0.15, 0.2) is 5.96 Å². The van der Waals surface area contributed by atoms with Crippen molar-refractivity contribution in [2.45, 2.75) is 32.8 Å². The summed E-state index contributed by atoms with van der Waals surface area (Å²) >= 11 is 0. The third-order valence-electron chi connectivity index (χ3n) is 3.63. The summed E-state index contributed by atoms with van der Waals surface area (Å²) in [5, 5.41) is 6.65. The van der Waals surface area contributed by atoms with E-state index in [-0.39, 0.29) is 30.1 Å². The molecule has 0 radical (unpaired) electrons. The van der Waals surface area contributed by atoms with Gasteiger partial charge in [0.05, 0.1) is 6.10 Å². The standard InChI is InChI=1S/C19H34N4O.HI/c1-5-20-19(21-13-9-15-23(3)4)22-14-10-16-24-17(2)18-11-7-6-8-12-18;/h6-8,11-12,17H,5,9-10,13-16H2,1-4H3,(H2,20,21,22);1H. The summed E-state index contributed by atoms with van der Waals surface area (Å²) in [6.07, 6.45) is 2.16. The van der Waals surface area contributed by atoms with Crippen LogP contribution in [0.2, 0.25) is 0 Å². The van der Waals surface area contributed by atoms with Crippen LogP contribution in [-0.2, 0) is 4.74 Å². The molecule has 0 aliphatic carbocycles. The van der Waals surface area contributed by atoms with Crippen LogP contribution in [0.3, 0.4) is 0 Å². The molecule has 2 N–H and O–H groups in total. The number of halogens is 1. The number of guanidine groups is 1. The molecule has 25 heavy (non-hydrogen) atoms. The number of rotatable bonds is 11. The van der Waals surface area contributed by atoms with Crippen molar-refractivity contribution in [3.63, 3.8) is 0 Å². The van der Waals surface area contributed by atoms with Crippen LogP contribution in [0.1, 0.15) is 38.4 Å². The molecule has 1 aromatic rings. The SMILES string of the molecule is CCNC(=NCCCOC(C)c1ccccc1)NCCCN(C)C.I. The minimum atomic E-state index is 0. The first-order valence-corrected chi connectivity index (χ1v) is 8.97. The highest BCUT2D eigenvalue weighted by molar-refractivity contribution is 14.0. The van der Waals surface area contributed by atoms with E-state index in [4.69, 9.17) is 4.74 Å². The molecule has 144 valence electrons. The van der Waals surface area contributed by atoms with E-state index in [1.54, 1.807) is 0 Å². The lowest BCUT2D eigenvalue weighted by molar-refractivity contribution is 0.0652. The Bertz CT molecular complexity index is 454. The van der Waals surface area contributed by atoms with Gasteiger partial charge in [-0.25, -0.2) is 0 Å². The fourth-order valence-electron chi connectivity index (χ4n) is 2.28. The molecule has 0 spiro atoms. The van der Waals surface area contributed by atoms with Crippen molar-refractivity contribution in [3.8, 4) is 0 Å². The molecule has 5 nitrogen and oxygen atoms in total. The Morgan fingerprint density at radius 3 is 2.52 bits per heavy atom. The number of benzene rings is 1. The van der Waals surface area contributed by atoms with Gasteiger partial charge in [0.25, 0.3) is 0 Å². The van der Waals surface area contributed by atoms with Gasteiger partial charge in [-0.2, -0.15) is 0 Å². The lowest BCUT2D eigenvalue weighted by atomic mass is 10.1. The third kappa shape index (κ3) is 12.2. The second-order valence-electron chi connectivity index (χ2n) is 6.12. The van der Waals surface area contributed by atoms with Gasteiger partial charge in [-0.1, -0.05) is 30.3 Å². The van der Waals surface area contributed by atoms with E-state index in [1.807, 2.05) is 18.2 Å². The Morgan fingerprint density at radius 1 is 1.16 bits per heavy atom. The second-order valence-corrected chi connectivity index (χ2v) is 6.12. The molecular formula is C19H35IN4O. The van der Waals surface area contributed by atoms with E-state index < -0.39 is 0 Å². The maximum atomic E-state index is 5.88. The van der Waals surface area contributed by atoms with Crippen molar-refractivity contribution in [1.29, 1.82) is 0 Å². The minimum absolute atomic E-state index is 0. The van der Waals surface area contributed by atoms with Crippen LogP contribution in [0.15, 0.2) is 35.3 Å². The highest BCUT2D eigenvalue weighted by atomic mass is 127. The quantitative estimate of drug-likeness (QED) is 0.229. The molecule has 0 heterocycles. The summed E-state index contributed by atoms with van der Waals surface area (Å²) in [4.78, 5) is 6.79. The molecular weight excluding hydrogens is 427 g/mol. The van der Waals surface area contributed by atoms with Crippen LogP contribution in [-0.4, -0.2) is 57.7 Å². The fourth-order valence-corrected chi connectivity index (χ4v) is 2.28. The first-order valence-electron chi connectivity index (χ1n) is 8.97. The van der Waals surface area contributed by atoms with Crippen LogP contribution >= 0.6 is 24.0 Å². The van der Waals surface area contributed by atoms with Crippen LogP contribution in [0, 0.1) is 0 Å². The third-order valence-corrected chi connectivity index (χ3v) is 3.63. The van der Waals surface area contributed by atoms with Gasteiger partial charge in [0.1, 0.15) is 0 Å². The van der Waals surface area contributed by atoms with Crippen molar-refractivity contribution in [1.82, 2.24) is 15.5 Å². The summed E-state index contributed by atoms with van der Waals surface area (Å²) < 4.78 is 5.88. The molecule has 1 rings (SSSR count). The first kappa shape index (κ1) is 24.1. The molecule has 0 fully saturated rings. The van der Waals surface area contributed by atoms with Crippen molar-refractivity contribution in [2.24, 2.45) is 4.99 Å². The molecule has 0 aliphatic rings. The summed E-state index contributed by atoms with van der Waals surface area (Å²) in [6, 6.07) is 10.3. The Morgan fingerprint density at radius 2 is 1.88 bits per heavy atom. The number of hydrogen-bond acceptors (Lipinski definition) is 3. The van der Waals surface area contributed by atoms with E-state index in [2.05, 4.69) is 60.6 Å². The summed E-state index contributed by atoms with van der Waals surface area (Å²) in [6.45, 7) is 8.56. The Kier molecular flexibility index (Phi) is 14.9. The lowest BCUT2D eigenvalue weighted by Crippen LogP contribution is -2.38. The topological polar surface area (TPSA) is 48.9 Å². The second kappa shape index (κ2) is 15.4. The van der Waals surface area contributed by atoms with E-state index in [9.17, 15) is 0 Å². The smallest absolute Gasteiger partial charge is 0.191 e. The number of hydrogen-bond donors (Lipinski definition) is 2. The fraction of sp³-hybridized carbons (Fsp3) is 0.632. The zero-order valence-corrected chi connectivity index (χ0v) is 18.5. The average Bonchev–Trinajstić information content (AvgIpc) is 2.58. The normalized spacial score (nSPS) is 12.6. The maximum Gasteiger partial charge on any atom is 0.191 e. The first-order chi connectivity index (χ1) is 11.6. The summed E-state index contributed by atoms with van der Waals surface area (Å²) in [5.74, 6) is 0.896. The highest BCUT2D eigenvalue weighted by Gasteiger charge is 2.04. The predicted octanol–water partition coefficient (Wildman–Crippen LogP) is 3.28. The van der Waals surface area contributed by atoms with Crippen molar-refractivity contribution >= 4 is 29.9 Å². The van der Waals surface area contributed by atoms with Crippen LogP contribution in [0.5, 0.6) is 0 Å². The van der Waals surface area contributed by atoms with Crippen LogP contribution < -0.4 is 10.6 Å². The van der Waals surface area contributed by atoms with E-state index >= 15 is 0 Å². The van der Waals surface area contributed by atoms with Crippen LogP contribution in [0.25, 0.3) is 0 Å². The van der Waals surface area contributed by atoms with Crippen molar-refractivity contribution in [3.05, 3.63) is 35.9 Å². The van der Waals surface area contributed by atoms with Gasteiger partial charge in [0.2, 0.25) is 0 Å². The molecule has 1 aromatic carbocycles. The molecule has 0 saturated carbocycles. The van der Waals surface area contributed by atoms with Gasteiger partial charge in [-0.05, 0) is 52.9 Å². The number of nitrogens with one attached hydrogen (secondary N) is 2. The molecule has 0 saturated heterocycles. The van der Waals surface area contributed by atoms with Crippen molar-refractivity contribution in [2.75, 3.05) is 46.9 Å². The minimum Gasteiger partial charge on any atom is -0.374 e. The molecule has 1 atom stereocenters. The summed E-state index contributed by atoms with van der Waals surface area (Å²) in [7, 11) is 4.19. The number of nitrogens with zero attached hydrogens (tertiary/aromatic N) is 2. The zero-order valence-electron chi connectivity index (χ0n) is 16.1. The molecule has 6 heteroatoms. The van der Waals surface area contributed by atoms with E-state index in [1.165, 1.54) is 5.56 Å².